The monoisotopic (exact) mass is 866 g/mol. The van der Waals surface area contributed by atoms with Gasteiger partial charge in [0.25, 0.3) is 0 Å². The largest absolute Gasteiger partial charge is 0.474 e. The van der Waals surface area contributed by atoms with Crippen molar-refractivity contribution in [1.29, 1.82) is 5.26 Å². The number of aryl methyl sites for hydroxylation is 1. The van der Waals surface area contributed by atoms with Gasteiger partial charge in [-0.3, -0.25) is 19.6 Å². The SMILES string of the molecule is CCN(C)SNc1ccc(F)c(Oc2ccc3ncnc(OC4CC5(CCN(C6CCC(c7cc8c(cc7F)c(N(C)CCC(=O)NC=O)nn8C)CC6)CC5)C4)c3c2)c1C#N. The van der Waals surface area contributed by atoms with Gasteiger partial charge in [-0.1, -0.05) is 6.92 Å². The van der Waals surface area contributed by atoms with Gasteiger partial charge >= 0.3 is 0 Å². The molecule has 0 bridgehead atoms. The smallest absolute Gasteiger partial charge is 0.228 e. The van der Waals surface area contributed by atoms with Crippen molar-refractivity contribution in [3.05, 3.63) is 71.6 Å². The minimum atomic E-state index is -0.644. The van der Waals surface area contributed by atoms with Crippen LogP contribution in [-0.4, -0.2) is 93.7 Å². The van der Waals surface area contributed by atoms with Crippen molar-refractivity contribution in [2.75, 3.05) is 49.9 Å². The number of amides is 2. The Morgan fingerprint density at radius 2 is 1.82 bits per heavy atom. The van der Waals surface area contributed by atoms with Gasteiger partial charge in [0.2, 0.25) is 18.2 Å². The van der Waals surface area contributed by atoms with E-state index in [0.717, 1.165) is 82.1 Å². The van der Waals surface area contributed by atoms with Crippen molar-refractivity contribution in [3.8, 4) is 23.4 Å². The Morgan fingerprint density at radius 3 is 2.55 bits per heavy atom. The third-order valence-corrected chi connectivity index (χ3v) is 14.0. The van der Waals surface area contributed by atoms with E-state index in [1.807, 2.05) is 43.3 Å². The van der Waals surface area contributed by atoms with E-state index >= 15 is 8.78 Å². The molecule has 5 aromatic rings. The number of halogens is 2. The number of rotatable bonds is 15. The predicted octanol–water partition coefficient (Wildman–Crippen LogP) is 7.83. The van der Waals surface area contributed by atoms with E-state index in [2.05, 4.69) is 36.1 Å². The van der Waals surface area contributed by atoms with Gasteiger partial charge < -0.3 is 24.0 Å². The Morgan fingerprint density at radius 1 is 1.05 bits per heavy atom. The lowest BCUT2D eigenvalue weighted by Gasteiger charge is -2.53. The number of hydrogen-bond donors (Lipinski definition) is 2. The van der Waals surface area contributed by atoms with Crippen molar-refractivity contribution < 1.29 is 27.8 Å². The summed E-state index contributed by atoms with van der Waals surface area (Å²) in [4.78, 5) is 35.7. The summed E-state index contributed by atoms with van der Waals surface area (Å²) < 4.78 is 50.2. The first kappa shape index (κ1) is 43.1. The molecule has 1 spiro atoms. The van der Waals surface area contributed by atoms with E-state index in [0.29, 0.717) is 58.4 Å². The van der Waals surface area contributed by atoms with Gasteiger partial charge in [0, 0.05) is 57.2 Å². The number of imide groups is 1. The van der Waals surface area contributed by atoms with Gasteiger partial charge in [-0.25, -0.2) is 23.1 Å². The number of nitrogens with zero attached hydrogens (tertiary/aromatic N) is 8. The number of carbonyl (C=O) groups excluding carboxylic acids is 2. The Hall–Kier alpha value is -5.57. The summed E-state index contributed by atoms with van der Waals surface area (Å²) >= 11 is 1.31. The first-order valence-corrected chi connectivity index (χ1v) is 22.1. The fraction of sp³-hybridized carbons (Fsp3) is 0.467. The number of benzene rings is 3. The van der Waals surface area contributed by atoms with E-state index in [4.69, 9.17) is 9.47 Å². The molecule has 3 fully saturated rings. The van der Waals surface area contributed by atoms with Crippen molar-refractivity contribution >= 4 is 57.8 Å². The van der Waals surface area contributed by atoms with Crippen LogP contribution in [0.5, 0.6) is 17.4 Å². The van der Waals surface area contributed by atoms with Crippen molar-refractivity contribution in [2.45, 2.75) is 82.8 Å². The maximum Gasteiger partial charge on any atom is 0.228 e. The number of carbonyl (C=O) groups is 2. The van der Waals surface area contributed by atoms with Crippen molar-refractivity contribution in [2.24, 2.45) is 12.5 Å². The Bertz CT molecular complexity index is 2490. The molecule has 2 amide bonds. The summed E-state index contributed by atoms with van der Waals surface area (Å²) in [5.74, 6) is 0.129. The first-order valence-electron chi connectivity index (χ1n) is 21.3. The molecule has 8 rings (SSSR count). The summed E-state index contributed by atoms with van der Waals surface area (Å²) in [6.45, 7) is 5.19. The second-order valence-corrected chi connectivity index (χ2v) is 17.9. The molecule has 3 aliphatic rings. The van der Waals surface area contributed by atoms with Crippen LogP contribution in [0.3, 0.4) is 0 Å². The fourth-order valence-electron chi connectivity index (χ4n) is 9.39. The van der Waals surface area contributed by atoms with Crippen LogP contribution in [0.2, 0.25) is 0 Å². The molecule has 0 unspecified atom stereocenters. The molecule has 1 saturated heterocycles. The zero-order valence-electron chi connectivity index (χ0n) is 35.5. The quantitative estimate of drug-likeness (QED) is 0.0777. The van der Waals surface area contributed by atoms with Gasteiger partial charge in [-0.2, -0.15) is 10.4 Å². The summed E-state index contributed by atoms with van der Waals surface area (Å²) in [7, 11) is 5.57. The zero-order chi connectivity index (χ0) is 43.5. The summed E-state index contributed by atoms with van der Waals surface area (Å²) in [5, 5.41) is 18.1. The third kappa shape index (κ3) is 9.00. The number of nitriles is 1. The number of likely N-dealkylation sites (tertiary alicyclic amines) is 1. The van der Waals surface area contributed by atoms with Crippen molar-refractivity contribution in [3.63, 3.8) is 0 Å². The second-order valence-electron chi connectivity index (χ2n) is 16.9. The van der Waals surface area contributed by atoms with Gasteiger partial charge in [0.15, 0.2) is 17.4 Å². The summed E-state index contributed by atoms with van der Waals surface area (Å²) in [5.41, 5.74) is 3.02. The molecular weight excluding hydrogens is 815 g/mol. The standard InChI is InChI=1S/C45H52F2N10O4S/c1-5-55(3)62-53-39-13-11-36(46)42(35(39)25-48)60-30-10-12-38-33(20-30)44(50-26-49-38)61-31-23-45(24-31)15-18-57(19-16-45)29-8-6-28(7-9-29)32-22-40-34(21-37(32)47)43(52-56(40)4)54(2)17-14-41(59)51-27-58/h10-13,20-22,26-29,31,53H,5-9,14-19,23-24H2,1-4H3,(H,51,58,59). The average Bonchev–Trinajstić information content (AvgIpc) is 3.59. The number of nitrogens with one attached hydrogen (secondary N) is 2. The molecule has 14 nitrogen and oxygen atoms in total. The highest BCUT2D eigenvalue weighted by Gasteiger charge is 2.48. The van der Waals surface area contributed by atoms with Crippen LogP contribution in [-0.2, 0) is 16.6 Å². The zero-order valence-corrected chi connectivity index (χ0v) is 36.3. The fourth-order valence-corrected chi connectivity index (χ4v) is 9.94. The third-order valence-electron chi connectivity index (χ3n) is 13.1. The molecule has 0 atom stereocenters. The molecule has 62 heavy (non-hydrogen) atoms. The lowest BCUT2D eigenvalue weighted by molar-refractivity contribution is -0.125. The number of piperidine rings is 1. The highest BCUT2D eigenvalue weighted by molar-refractivity contribution is 7.98. The molecule has 2 saturated carbocycles. The summed E-state index contributed by atoms with van der Waals surface area (Å²) in [6.07, 6.45) is 10.00. The summed E-state index contributed by atoms with van der Waals surface area (Å²) in [6, 6.07) is 14.1. The lowest BCUT2D eigenvalue weighted by Crippen LogP contribution is -2.53. The van der Waals surface area contributed by atoms with Gasteiger partial charge in [0.1, 0.15) is 35.6 Å². The van der Waals surface area contributed by atoms with Crippen LogP contribution in [0.1, 0.15) is 81.8 Å². The highest BCUT2D eigenvalue weighted by atomic mass is 32.2. The Labute approximate surface area is 364 Å². The number of ether oxygens (including phenoxy) is 2. The van der Waals surface area contributed by atoms with E-state index in [1.54, 1.807) is 28.9 Å². The molecule has 2 N–H and O–H groups in total. The van der Waals surface area contributed by atoms with Gasteiger partial charge in [0.05, 0.1) is 22.1 Å². The Kier molecular flexibility index (Phi) is 12.8. The molecule has 2 aliphatic carbocycles. The van der Waals surface area contributed by atoms with E-state index < -0.39 is 5.82 Å². The van der Waals surface area contributed by atoms with E-state index in [1.165, 1.54) is 30.6 Å². The molecule has 17 heteroatoms. The first-order chi connectivity index (χ1) is 30.0. The topological polar surface area (TPSA) is 154 Å². The van der Waals surface area contributed by atoms with Crippen molar-refractivity contribution in [1.82, 2.24) is 34.3 Å². The second kappa shape index (κ2) is 18.4. The van der Waals surface area contributed by atoms with Crippen LogP contribution >= 0.6 is 12.1 Å². The molecular formula is C45H52F2N10O4S. The number of hydrogen-bond acceptors (Lipinski definition) is 13. The average molecular weight is 867 g/mol. The normalized spacial score (nSPS) is 19.0. The number of anilines is 2. The predicted molar refractivity (Wildman–Crippen MR) is 235 cm³/mol. The van der Waals surface area contributed by atoms with E-state index in [-0.39, 0.29) is 46.9 Å². The lowest BCUT2D eigenvalue weighted by atomic mass is 9.61. The molecule has 2 aromatic heterocycles. The molecule has 0 radical (unpaired) electrons. The van der Waals surface area contributed by atoms with Gasteiger partial charge in [-0.15, -0.1) is 0 Å². The molecule has 326 valence electrons. The number of fused-ring (bicyclic) bond motifs is 2. The highest BCUT2D eigenvalue weighted by Crippen LogP contribution is 2.51. The van der Waals surface area contributed by atoms with Gasteiger partial charge in [-0.05, 0) is 131 Å². The molecule has 3 heterocycles. The minimum absolute atomic E-state index is 0.0156. The van der Waals surface area contributed by atoms with Crippen LogP contribution in [0, 0.1) is 28.4 Å². The number of aromatic nitrogens is 4. The maximum atomic E-state index is 15.8. The van der Waals surface area contributed by atoms with Crippen LogP contribution in [0.15, 0.2) is 48.8 Å². The van der Waals surface area contributed by atoms with Crippen LogP contribution in [0.4, 0.5) is 20.3 Å². The Balaban J connectivity index is 0.844. The minimum Gasteiger partial charge on any atom is -0.474 e. The molecule has 1 aliphatic heterocycles. The van der Waals surface area contributed by atoms with E-state index in [9.17, 15) is 14.9 Å². The van der Waals surface area contributed by atoms with Crippen LogP contribution in [0.25, 0.3) is 21.8 Å². The molecule has 3 aromatic carbocycles. The maximum absolute atomic E-state index is 15.8. The van der Waals surface area contributed by atoms with Crippen LogP contribution < -0.4 is 24.4 Å².